The Morgan fingerprint density at radius 2 is 1.87 bits per heavy atom. The molecule has 2 aliphatic rings. The van der Waals surface area contributed by atoms with E-state index >= 15 is 0 Å². The highest BCUT2D eigenvalue weighted by atomic mass is 19.4. The Bertz CT molecular complexity index is 867. The lowest BCUT2D eigenvalue weighted by Gasteiger charge is -2.39. The minimum absolute atomic E-state index is 0.0112. The molecular weight excluding hydrogens is 430 g/mol. The highest BCUT2D eigenvalue weighted by Gasteiger charge is 2.51. The van der Waals surface area contributed by atoms with Crippen LogP contribution in [0.2, 0.25) is 0 Å². The Morgan fingerprint density at radius 1 is 1.19 bits per heavy atom. The number of carbonyl (C=O) groups is 2. The van der Waals surface area contributed by atoms with Gasteiger partial charge in [-0.15, -0.1) is 0 Å². The standard InChI is InChI=1S/C20H22F6N2O3/c1-11(2)18(6-5-14(8-18)27-16(29)20(24,25)26)17(30)28-9-12-7-13(19(21,22)23)3-4-15(12)31-10-28/h3-4,7,11,14H,5-6,8-10H2,1-2H3,(H,27,29)/t14-,18+/m1/s1. The summed E-state index contributed by atoms with van der Waals surface area (Å²) in [6.07, 6.45) is -9.12. The number of nitrogens with zero attached hydrogens (tertiary/aromatic N) is 1. The predicted octanol–water partition coefficient (Wildman–Crippen LogP) is 4.26. The van der Waals surface area contributed by atoms with Crippen molar-refractivity contribution in [3.63, 3.8) is 0 Å². The molecule has 1 aromatic rings. The van der Waals surface area contributed by atoms with Gasteiger partial charge in [0.15, 0.2) is 6.73 Å². The maximum atomic E-state index is 13.4. The van der Waals surface area contributed by atoms with Crippen molar-refractivity contribution in [1.29, 1.82) is 0 Å². The van der Waals surface area contributed by atoms with E-state index in [9.17, 15) is 35.9 Å². The fourth-order valence-corrected chi connectivity index (χ4v) is 4.30. The van der Waals surface area contributed by atoms with Crippen LogP contribution in [0.3, 0.4) is 0 Å². The molecule has 0 unspecified atom stereocenters. The zero-order valence-corrected chi connectivity index (χ0v) is 16.9. The quantitative estimate of drug-likeness (QED) is 0.698. The van der Waals surface area contributed by atoms with Crippen LogP contribution in [0.15, 0.2) is 18.2 Å². The predicted molar refractivity (Wildman–Crippen MR) is 96.6 cm³/mol. The van der Waals surface area contributed by atoms with E-state index in [1.807, 2.05) is 5.32 Å². The highest BCUT2D eigenvalue weighted by Crippen LogP contribution is 2.47. The van der Waals surface area contributed by atoms with Crippen molar-refractivity contribution in [2.75, 3.05) is 6.73 Å². The van der Waals surface area contributed by atoms with Crippen LogP contribution >= 0.6 is 0 Å². The summed E-state index contributed by atoms with van der Waals surface area (Å²) in [5.74, 6) is -2.48. The lowest BCUT2D eigenvalue weighted by Crippen LogP contribution is -2.49. The second-order valence-electron chi connectivity index (χ2n) is 8.32. The molecule has 1 aliphatic carbocycles. The second kappa shape index (κ2) is 7.90. The van der Waals surface area contributed by atoms with Gasteiger partial charge in [0.2, 0.25) is 5.91 Å². The molecule has 5 nitrogen and oxygen atoms in total. The normalized spacial score (nSPS) is 24.0. The molecule has 31 heavy (non-hydrogen) atoms. The molecule has 1 N–H and O–H groups in total. The van der Waals surface area contributed by atoms with Crippen LogP contribution in [0, 0.1) is 11.3 Å². The van der Waals surface area contributed by atoms with Crippen LogP contribution in [0.4, 0.5) is 26.3 Å². The number of benzene rings is 1. The highest BCUT2D eigenvalue weighted by molar-refractivity contribution is 5.85. The van der Waals surface area contributed by atoms with Crippen molar-refractivity contribution in [1.82, 2.24) is 10.2 Å². The summed E-state index contributed by atoms with van der Waals surface area (Å²) in [4.78, 5) is 25.9. The maximum Gasteiger partial charge on any atom is 0.471 e. The van der Waals surface area contributed by atoms with Crippen LogP contribution in [0.5, 0.6) is 5.75 Å². The van der Waals surface area contributed by atoms with Gasteiger partial charge >= 0.3 is 18.3 Å². The van der Waals surface area contributed by atoms with Gasteiger partial charge in [-0.1, -0.05) is 13.8 Å². The molecule has 1 heterocycles. The third kappa shape index (κ3) is 4.59. The SMILES string of the molecule is CC(C)[C@]1(C(=O)N2COc3ccc(C(F)(F)F)cc3C2)CC[C@@H](NC(=O)C(F)(F)F)C1. The number of rotatable bonds is 3. The Morgan fingerprint density at radius 3 is 2.45 bits per heavy atom. The van der Waals surface area contributed by atoms with E-state index in [1.165, 1.54) is 11.0 Å². The van der Waals surface area contributed by atoms with Crippen LogP contribution in [0.25, 0.3) is 0 Å². The fraction of sp³-hybridized carbons (Fsp3) is 0.600. The zero-order valence-electron chi connectivity index (χ0n) is 16.9. The Hall–Kier alpha value is -2.46. The number of nitrogens with one attached hydrogen (secondary N) is 1. The van der Waals surface area contributed by atoms with E-state index < -0.39 is 41.2 Å². The van der Waals surface area contributed by atoms with Crippen molar-refractivity contribution < 1.29 is 40.7 Å². The average molecular weight is 452 g/mol. The third-order valence-corrected chi connectivity index (χ3v) is 6.09. The molecule has 2 amide bonds. The number of halogens is 6. The van der Waals surface area contributed by atoms with E-state index in [0.717, 1.165) is 12.1 Å². The molecule has 172 valence electrons. The van der Waals surface area contributed by atoms with Crippen molar-refractivity contribution in [2.24, 2.45) is 11.3 Å². The van der Waals surface area contributed by atoms with Crippen LogP contribution in [-0.2, 0) is 22.3 Å². The van der Waals surface area contributed by atoms with Gasteiger partial charge in [0, 0.05) is 11.6 Å². The molecule has 0 saturated heterocycles. The van der Waals surface area contributed by atoms with Crippen LogP contribution in [-0.4, -0.2) is 35.7 Å². The number of fused-ring (bicyclic) bond motifs is 1. The van der Waals surface area contributed by atoms with Gasteiger partial charge in [-0.3, -0.25) is 9.59 Å². The summed E-state index contributed by atoms with van der Waals surface area (Å²) in [5, 5.41) is 1.94. The Balaban J connectivity index is 1.78. The molecule has 0 bridgehead atoms. The summed E-state index contributed by atoms with van der Waals surface area (Å²) in [7, 11) is 0. The molecule has 3 rings (SSSR count). The smallest absolute Gasteiger partial charge is 0.471 e. The minimum atomic E-state index is -5.02. The molecule has 2 atom stereocenters. The molecule has 1 fully saturated rings. The maximum absolute atomic E-state index is 13.4. The average Bonchev–Trinajstić information content (AvgIpc) is 3.10. The number of ether oxygens (including phenoxy) is 1. The Labute approximate surface area is 174 Å². The summed E-state index contributed by atoms with van der Waals surface area (Å²) in [6, 6.07) is 2.21. The van der Waals surface area contributed by atoms with Gasteiger partial charge in [-0.05, 0) is 43.4 Å². The first-order valence-electron chi connectivity index (χ1n) is 9.74. The monoisotopic (exact) mass is 452 g/mol. The van der Waals surface area contributed by atoms with E-state index in [1.54, 1.807) is 13.8 Å². The summed E-state index contributed by atoms with van der Waals surface area (Å²) < 4.78 is 82.3. The molecule has 1 saturated carbocycles. The van der Waals surface area contributed by atoms with E-state index in [0.29, 0.717) is 0 Å². The molecule has 0 radical (unpaired) electrons. The number of alkyl halides is 6. The molecule has 11 heteroatoms. The van der Waals surface area contributed by atoms with E-state index in [2.05, 4.69) is 0 Å². The lowest BCUT2D eigenvalue weighted by atomic mass is 9.74. The van der Waals surface area contributed by atoms with Crippen LogP contribution in [0.1, 0.15) is 44.2 Å². The molecule has 1 aliphatic heterocycles. The first-order valence-corrected chi connectivity index (χ1v) is 9.74. The molecule has 0 spiro atoms. The fourth-order valence-electron chi connectivity index (χ4n) is 4.30. The first kappa shape index (κ1) is 23.2. The van der Waals surface area contributed by atoms with Gasteiger partial charge in [-0.25, -0.2) is 0 Å². The second-order valence-corrected chi connectivity index (χ2v) is 8.32. The first-order chi connectivity index (χ1) is 14.2. The summed E-state index contributed by atoms with van der Waals surface area (Å²) in [6.45, 7) is 3.23. The van der Waals surface area contributed by atoms with Crippen LogP contribution < -0.4 is 10.1 Å². The van der Waals surface area contributed by atoms with Gasteiger partial charge in [0.25, 0.3) is 0 Å². The van der Waals surface area contributed by atoms with Gasteiger partial charge in [0.1, 0.15) is 5.75 Å². The summed E-state index contributed by atoms with van der Waals surface area (Å²) >= 11 is 0. The number of amides is 2. The zero-order chi connectivity index (χ0) is 23.2. The number of carbonyl (C=O) groups excluding carboxylic acids is 2. The van der Waals surface area contributed by atoms with Crippen molar-refractivity contribution in [3.05, 3.63) is 29.3 Å². The minimum Gasteiger partial charge on any atom is -0.473 e. The topological polar surface area (TPSA) is 58.6 Å². The Kier molecular flexibility index (Phi) is 5.92. The van der Waals surface area contributed by atoms with Gasteiger partial charge < -0.3 is 15.0 Å². The molecular formula is C20H22F6N2O3. The van der Waals surface area contributed by atoms with E-state index in [-0.39, 0.29) is 49.8 Å². The van der Waals surface area contributed by atoms with Crippen molar-refractivity contribution in [3.8, 4) is 5.75 Å². The number of hydrogen-bond acceptors (Lipinski definition) is 3. The van der Waals surface area contributed by atoms with Gasteiger partial charge in [0.05, 0.1) is 17.5 Å². The number of hydrogen-bond donors (Lipinski definition) is 1. The van der Waals surface area contributed by atoms with E-state index in [4.69, 9.17) is 4.74 Å². The largest absolute Gasteiger partial charge is 0.473 e. The third-order valence-electron chi connectivity index (χ3n) is 6.09. The van der Waals surface area contributed by atoms with Crippen molar-refractivity contribution >= 4 is 11.8 Å². The molecule has 0 aromatic heterocycles. The molecule has 1 aromatic carbocycles. The van der Waals surface area contributed by atoms with Gasteiger partial charge in [-0.2, -0.15) is 26.3 Å². The van der Waals surface area contributed by atoms with Crippen molar-refractivity contribution in [2.45, 2.75) is 58.0 Å². The summed E-state index contributed by atoms with van der Waals surface area (Å²) in [5.41, 5.74) is -1.71. The lowest BCUT2D eigenvalue weighted by molar-refractivity contribution is -0.174.